The minimum atomic E-state index is -0.913. The molecule has 6 rings (SSSR count). The fraction of sp³-hybridized carbons (Fsp3) is 0.286. The van der Waals surface area contributed by atoms with Gasteiger partial charge in [0.25, 0.3) is 11.6 Å². The van der Waals surface area contributed by atoms with Crippen LogP contribution in [-0.4, -0.2) is 29.3 Å². The van der Waals surface area contributed by atoms with Crippen molar-refractivity contribution in [1.82, 2.24) is 0 Å². The van der Waals surface area contributed by atoms with Crippen molar-refractivity contribution in [3.63, 3.8) is 0 Å². The summed E-state index contributed by atoms with van der Waals surface area (Å²) in [5.41, 5.74) is 8.37. The Balaban J connectivity index is 1.29. The van der Waals surface area contributed by atoms with Gasteiger partial charge in [-0.1, -0.05) is 26.0 Å². The second-order valence-corrected chi connectivity index (χ2v) is 12.2. The summed E-state index contributed by atoms with van der Waals surface area (Å²) >= 11 is 0. The first kappa shape index (κ1) is 30.4. The van der Waals surface area contributed by atoms with Crippen LogP contribution in [-0.2, 0) is 14.3 Å². The number of nitrogens with two attached hydrogens (primary N) is 1. The van der Waals surface area contributed by atoms with E-state index in [2.05, 4.69) is 6.07 Å². The van der Waals surface area contributed by atoms with Crippen LogP contribution in [0.3, 0.4) is 0 Å². The number of hydrogen-bond donors (Lipinski definition) is 1. The van der Waals surface area contributed by atoms with Gasteiger partial charge in [0.05, 0.1) is 17.4 Å². The first-order valence-corrected chi connectivity index (χ1v) is 14.9. The van der Waals surface area contributed by atoms with Gasteiger partial charge in [-0.3, -0.25) is 24.6 Å². The van der Waals surface area contributed by atoms with Crippen molar-refractivity contribution in [2.45, 2.75) is 51.7 Å². The molecular formula is C35H32N4O7. The Hall–Kier alpha value is -5.63. The molecule has 3 aliphatic rings. The maximum atomic E-state index is 13.6. The van der Waals surface area contributed by atoms with E-state index in [0.717, 1.165) is 0 Å². The van der Waals surface area contributed by atoms with E-state index < -0.39 is 23.0 Å². The number of nitro benzene ring substituents is 1. The number of Topliss-reactive ketones (excluding diaryl/α,β-unsaturated/α-hetero) is 1. The van der Waals surface area contributed by atoms with Crippen LogP contribution in [0.2, 0.25) is 0 Å². The number of allylic oxidation sites excluding steroid dienone is 3. The molecule has 1 amide bonds. The summed E-state index contributed by atoms with van der Waals surface area (Å²) in [5.74, 6) is 0.487. The standard InChI is InChI=1S/C35H32N4O7/c1-4-44-24-15-11-22(12-16-24)38-31(21-5-9-23(10-6-21)39(42)43)32(34(38)41)45-25-13-7-20(8-14-25)29-26(19-36)33(37)46-28-18-35(2,3)17-27(40)30(28)29/h5-16,29,31-32H,4,17-18,37H2,1-3H3/t29?,31-,32+/m0/s1. The molecule has 0 bridgehead atoms. The molecule has 3 atom stereocenters. The summed E-state index contributed by atoms with van der Waals surface area (Å²) in [6.07, 6.45) is -0.0720. The maximum Gasteiger partial charge on any atom is 0.271 e. The van der Waals surface area contributed by atoms with E-state index in [-0.39, 0.29) is 34.2 Å². The van der Waals surface area contributed by atoms with E-state index in [9.17, 15) is 25.0 Å². The van der Waals surface area contributed by atoms with Gasteiger partial charge < -0.3 is 19.9 Å². The number of nitro groups is 1. The van der Waals surface area contributed by atoms with Crippen LogP contribution in [0.15, 0.2) is 95.6 Å². The molecule has 11 heteroatoms. The van der Waals surface area contributed by atoms with Gasteiger partial charge in [0.15, 0.2) is 5.78 Å². The Kier molecular flexibility index (Phi) is 7.74. The molecule has 234 valence electrons. The largest absolute Gasteiger partial charge is 0.494 e. The summed E-state index contributed by atoms with van der Waals surface area (Å²) in [5, 5.41) is 21.2. The SMILES string of the molecule is CCOc1ccc(N2C(=O)[C@H](Oc3ccc(C4C(C#N)=C(N)OC5=C4C(=O)CC(C)(C)C5)cc3)[C@@H]2c2ccc([N+](=O)[O-])cc2)cc1. The van der Waals surface area contributed by atoms with Crippen molar-refractivity contribution < 1.29 is 28.7 Å². The van der Waals surface area contributed by atoms with Crippen molar-refractivity contribution in [1.29, 1.82) is 5.26 Å². The van der Waals surface area contributed by atoms with Gasteiger partial charge >= 0.3 is 0 Å². The number of benzene rings is 3. The molecule has 3 aromatic carbocycles. The molecule has 1 unspecified atom stereocenters. The lowest BCUT2D eigenvalue weighted by Crippen LogP contribution is -2.61. The second-order valence-electron chi connectivity index (χ2n) is 12.2. The molecule has 2 N–H and O–H groups in total. The monoisotopic (exact) mass is 620 g/mol. The molecule has 3 aromatic rings. The number of non-ortho nitro benzene ring substituents is 1. The van der Waals surface area contributed by atoms with Crippen LogP contribution < -0.4 is 20.1 Å². The van der Waals surface area contributed by atoms with Gasteiger partial charge in [-0.05, 0) is 72.0 Å². The molecule has 0 radical (unpaired) electrons. The number of anilines is 1. The second kappa shape index (κ2) is 11.7. The Morgan fingerprint density at radius 3 is 2.24 bits per heavy atom. The van der Waals surface area contributed by atoms with Gasteiger partial charge in [-0.25, -0.2) is 0 Å². The van der Waals surface area contributed by atoms with E-state index in [0.29, 0.717) is 59.1 Å². The minimum absolute atomic E-state index is 0.0162. The lowest BCUT2D eigenvalue weighted by Gasteiger charge is -2.46. The third kappa shape index (κ3) is 5.43. The average Bonchev–Trinajstić information content (AvgIpc) is 3.02. The maximum absolute atomic E-state index is 13.6. The molecule has 0 aromatic heterocycles. The van der Waals surface area contributed by atoms with Crippen LogP contribution in [0.1, 0.15) is 56.7 Å². The number of ether oxygens (including phenoxy) is 3. The molecule has 1 aliphatic carbocycles. The number of nitrogens with zero attached hydrogens (tertiary/aromatic N) is 3. The topological polar surface area (TPSA) is 158 Å². The molecule has 2 aliphatic heterocycles. The first-order valence-electron chi connectivity index (χ1n) is 14.9. The Morgan fingerprint density at radius 1 is 1.00 bits per heavy atom. The van der Waals surface area contributed by atoms with E-state index in [1.807, 2.05) is 20.8 Å². The normalized spacial score (nSPS) is 22.0. The zero-order valence-electron chi connectivity index (χ0n) is 25.6. The van der Waals surface area contributed by atoms with Gasteiger partial charge in [0, 0.05) is 36.2 Å². The number of rotatable bonds is 8. The van der Waals surface area contributed by atoms with Crippen LogP contribution in [0.4, 0.5) is 11.4 Å². The highest BCUT2D eigenvalue weighted by Crippen LogP contribution is 2.48. The number of nitriles is 1. The number of carbonyl (C=O) groups excluding carboxylic acids is 2. The quantitative estimate of drug-likeness (QED) is 0.182. The summed E-state index contributed by atoms with van der Waals surface area (Å²) in [6, 6.07) is 21.6. The van der Waals surface area contributed by atoms with E-state index >= 15 is 0 Å². The van der Waals surface area contributed by atoms with E-state index in [4.69, 9.17) is 19.9 Å². The number of ketones is 1. The zero-order chi connectivity index (χ0) is 32.7. The first-order chi connectivity index (χ1) is 22.0. The smallest absolute Gasteiger partial charge is 0.271 e. The highest BCUT2D eigenvalue weighted by Gasteiger charge is 2.51. The Labute approximate surface area is 265 Å². The Morgan fingerprint density at radius 2 is 1.63 bits per heavy atom. The molecule has 0 saturated carbocycles. The van der Waals surface area contributed by atoms with Gasteiger partial charge in [0.1, 0.15) is 34.9 Å². The van der Waals surface area contributed by atoms with Crippen molar-refractivity contribution in [2.75, 3.05) is 11.5 Å². The average molecular weight is 621 g/mol. The fourth-order valence-electron chi connectivity index (χ4n) is 6.36. The van der Waals surface area contributed by atoms with Crippen LogP contribution in [0.5, 0.6) is 11.5 Å². The minimum Gasteiger partial charge on any atom is -0.494 e. The van der Waals surface area contributed by atoms with Gasteiger partial charge in [-0.2, -0.15) is 5.26 Å². The highest BCUT2D eigenvalue weighted by molar-refractivity contribution is 6.05. The third-order valence-corrected chi connectivity index (χ3v) is 8.47. The summed E-state index contributed by atoms with van der Waals surface area (Å²) in [6.45, 7) is 6.36. The highest BCUT2D eigenvalue weighted by atomic mass is 16.6. The summed E-state index contributed by atoms with van der Waals surface area (Å²) in [7, 11) is 0. The van der Waals surface area contributed by atoms with Crippen LogP contribution >= 0.6 is 0 Å². The predicted octanol–water partition coefficient (Wildman–Crippen LogP) is 5.98. The number of hydrogen-bond acceptors (Lipinski definition) is 9. The van der Waals surface area contributed by atoms with E-state index in [1.54, 1.807) is 65.6 Å². The lowest BCUT2D eigenvalue weighted by atomic mass is 9.70. The van der Waals surface area contributed by atoms with Crippen molar-refractivity contribution in [2.24, 2.45) is 11.1 Å². The summed E-state index contributed by atoms with van der Waals surface area (Å²) < 4.78 is 17.6. The molecule has 0 spiro atoms. The van der Waals surface area contributed by atoms with Crippen molar-refractivity contribution in [3.05, 3.63) is 117 Å². The van der Waals surface area contributed by atoms with Gasteiger partial charge in [-0.15, -0.1) is 0 Å². The number of amides is 1. The van der Waals surface area contributed by atoms with E-state index in [1.165, 1.54) is 12.1 Å². The molecule has 2 heterocycles. The van der Waals surface area contributed by atoms with Crippen molar-refractivity contribution in [3.8, 4) is 17.6 Å². The number of β-lactam (4-membered cyclic amide) rings is 1. The van der Waals surface area contributed by atoms with Gasteiger partial charge in [0.2, 0.25) is 12.0 Å². The Bertz CT molecular complexity index is 1820. The third-order valence-electron chi connectivity index (χ3n) is 8.47. The lowest BCUT2D eigenvalue weighted by molar-refractivity contribution is -0.384. The summed E-state index contributed by atoms with van der Waals surface area (Å²) in [4.78, 5) is 39.2. The molecular weight excluding hydrogens is 588 g/mol. The van der Waals surface area contributed by atoms with Crippen LogP contribution in [0, 0.1) is 26.9 Å². The molecule has 11 nitrogen and oxygen atoms in total. The van der Waals surface area contributed by atoms with Crippen molar-refractivity contribution >= 4 is 23.1 Å². The molecule has 1 fully saturated rings. The molecule has 46 heavy (non-hydrogen) atoms. The molecule has 1 saturated heterocycles. The number of carbonyl (C=O) groups is 2. The zero-order valence-corrected chi connectivity index (χ0v) is 25.6. The fourth-order valence-corrected chi connectivity index (χ4v) is 6.36. The predicted molar refractivity (Wildman–Crippen MR) is 167 cm³/mol. The van der Waals surface area contributed by atoms with Crippen LogP contribution in [0.25, 0.3) is 0 Å².